The van der Waals surface area contributed by atoms with E-state index in [4.69, 9.17) is 5.73 Å². The molecule has 2 heterocycles. The van der Waals surface area contributed by atoms with Crippen LogP contribution in [0.5, 0.6) is 0 Å². The van der Waals surface area contributed by atoms with Gasteiger partial charge in [0.05, 0.1) is 16.9 Å². The highest BCUT2D eigenvalue weighted by atomic mass is 16.2. The lowest BCUT2D eigenvalue weighted by atomic mass is 9.95. The normalized spacial score (nSPS) is 18.4. The number of benzene rings is 2. The fraction of sp³-hybridized carbons (Fsp3) is 0.320. The monoisotopic (exact) mass is 461 g/mol. The van der Waals surface area contributed by atoms with Gasteiger partial charge in [-0.15, -0.1) is 0 Å². The molecule has 34 heavy (non-hydrogen) atoms. The van der Waals surface area contributed by atoms with Crippen molar-refractivity contribution >= 4 is 40.6 Å². The van der Waals surface area contributed by atoms with Gasteiger partial charge in [0.25, 0.3) is 11.8 Å². The highest BCUT2D eigenvalue weighted by Gasteiger charge is 2.35. The first kappa shape index (κ1) is 23.2. The number of likely N-dealkylation sites (tertiary alicyclic amines) is 1. The van der Waals surface area contributed by atoms with Crippen LogP contribution in [-0.2, 0) is 14.4 Å². The first-order chi connectivity index (χ1) is 16.3. The third-order valence-corrected chi connectivity index (χ3v) is 6.25. The van der Waals surface area contributed by atoms with E-state index in [2.05, 4.69) is 10.4 Å². The van der Waals surface area contributed by atoms with Crippen molar-refractivity contribution in [2.45, 2.75) is 32.2 Å². The number of hydrazone groups is 1. The quantitative estimate of drug-likeness (QED) is 0.682. The maximum absolute atomic E-state index is 13.2. The number of Topliss-reactive ketones (excluding diaryl/α,β-unsaturated/α-hetero) is 1. The molecule has 0 saturated carbocycles. The highest BCUT2D eigenvalue weighted by molar-refractivity contribution is 6.44. The van der Waals surface area contributed by atoms with Gasteiger partial charge in [0.2, 0.25) is 5.91 Å². The predicted molar refractivity (Wildman–Crippen MR) is 128 cm³/mol. The minimum absolute atomic E-state index is 0.0923. The van der Waals surface area contributed by atoms with Gasteiger partial charge in [-0.2, -0.15) is 5.10 Å². The van der Waals surface area contributed by atoms with Gasteiger partial charge in [0, 0.05) is 25.4 Å². The molecule has 0 bridgehead atoms. The lowest BCUT2D eigenvalue weighted by molar-refractivity contribution is -0.123. The van der Waals surface area contributed by atoms with E-state index in [1.165, 1.54) is 6.92 Å². The molecule has 176 valence electrons. The Kier molecular flexibility index (Phi) is 6.72. The summed E-state index contributed by atoms with van der Waals surface area (Å²) in [6.07, 6.45) is 1.22. The summed E-state index contributed by atoms with van der Waals surface area (Å²) < 4.78 is 0. The molecule has 9 nitrogen and oxygen atoms in total. The van der Waals surface area contributed by atoms with Crippen molar-refractivity contribution in [2.75, 3.05) is 23.4 Å². The largest absolute Gasteiger partial charge is 0.369 e. The first-order valence-electron chi connectivity index (χ1n) is 11.3. The SMILES string of the molecule is CC(=O)C1CC(C(=O)Nc2ccccc2C(=O)N2CCC(C(N)=O)CC2)=NN1c1ccccc1. The van der Waals surface area contributed by atoms with E-state index < -0.39 is 11.9 Å². The summed E-state index contributed by atoms with van der Waals surface area (Å²) >= 11 is 0. The summed E-state index contributed by atoms with van der Waals surface area (Å²) in [5.41, 5.74) is 7.05. The van der Waals surface area contributed by atoms with E-state index in [0.29, 0.717) is 37.2 Å². The number of rotatable bonds is 6. The molecule has 0 spiro atoms. The smallest absolute Gasteiger partial charge is 0.271 e. The van der Waals surface area contributed by atoms with Crippen molar-refractivity contribution in [2.24, 2.45) is 16.8 Å². The van der Waals surface area contributed by atoms with Crippen LogP contribution in [0.25, 0.3) is 0 Å². The van der Waals surface area contributed by atoms with Crippen LogP contribution in [0.3, 0.4) is 0 Å². The number of ketones is 1. The summed E-state index contributed by atoms with van der Waals surface area (Å²) in [4.78, 5) is 51.5. The molecule has 2 aromatic carbocycles. The van der Waals surface area contributed by atoms with Gasteiger partial charge in [-0.25, -0.2) is 0 Å². The van der Waals surface area contributed by atoms with Crippen molar-refractivity contribution in [1.29, 1.82) is 0 Å². The zero-order chi connectivity index (χ0) is 24.2. The van der Waals surface area contributed by atoms with Crippen LogP contribution >= 0.6 is 0 Å². The fourth-order valence-corrected chi connectivity index (χ4v) is 4.29. The molecule has 3 amide bonds. The van der Waals surface area contributed by atoms with Crippen LogP contribution in [-0.4, -0.2) is 53.2 Å². The molecule has 1 fully saturated rings. The van der Waals surface area contributed by atoms with Crippen molar-refractivity contribution in [3.63, 3.8) is 0 Å². The molecule has 1 unspecified atom stereocenters. The summed E-state index contributed by atoms with van der Waals surface area (Å²) in [5, 5.41) is 8.79. The maximum Gasteiger partial charge on any atom is 0.271 e. The first-order valence-corrected chi connectivity index (χ1v) is 11.3. The van der Waals surface area contributed by atoms with Gasteiger partial charge in [-0.3, -0.25) is 24.2 Å². The van der Waals surface area contributed by atoms with Crippen LogP contribution in [0, 0.1) is 5.92 Å². The Morgan fingerprint density at radius 1 is 0.971 bits per heavy atom. The molecular weight excluding hydrogens is 434 g/mol. The van der Waals surface area contributed by atoms with Crippen LogP contribution in [0.15, 0.2) is 59.7 Å². The second kappa shape index (κ2) is 9.86. The lowest BCUT2D eigenvalue weighted by Gasteiger charge is -2.31. The Morgan fingerprint density at radius 3 is 2.26 bits per heavy atom. The maximum atomic E-state index is 13.2. The highest BCUT2D eigenvalue weighted by Crippen LogP contribution is 2.26. The van der Waals surface area contributed by atoms with E-state index in [-0.39, 0.29) is 35.6 Å². The number of hydrogen-bond acceptors (Lipinski definition) is 6. The number of piperidine rings is 1. The molecule has 2 aromatic rings. The number of carbonyl (C=O) groups is 4. The number of primary amides is 1. The Labute approximate surface area is 197 Å². The zero-order valence-electron chi connectivity index (χ0n) is 18.9. The Morgan fingerprint density at radius 2 is 1.62 bits per heavy atom. The van der Waals surface area contributed by atoms with Gasteiger partial charge in [0.1, 0.15) is 11.8 Å². The molecule has 1 atom stereocenters. The Hall–Kier alpha value is -4.01. The molecule has 1 saturated heterocycles. The second-order valence-electron chi connectivity index (χ2n) is 8.53. The standard InChI is InChI=1S/C25H27N5O4/c1-16(31)22-15-21(28-30(22)18-7-3-2-4-8-18)24(33)27-20-10-6-5-9-19(20)25(34)29-13-11-17(12-14-29)23(26)32/h2-10,17,22H,11-15H2,1H3,(H2,26,32)(H,27,33). The summed E-state index contributed by atoms with van der Waals surface area (Å²) in [5.74, 6) is -1.34. The molecule has 4 rings (SSSR count). The van der Waals surface area contributed by atoms with Crippen LogP contribution in [0.2, 0.25) is 0 Å². The molecule has 3 N–H and O–H groups in total. The van der Waals surface area contributed by atoms with Crippen molar-refractivity contribution in [3.05, 3.63) is 60.2 Å². The summed E-state index contributed by atoms with van der Waals surface area (Å²) in [6.45, 7) is 2.33. The molecule has 2 aliphatic rings. The fourth-order valence-electron chi connectivity index (χ4n) is 4.29. The van der Waals surface area contributed by atoms with E-state index in [1.54, 1.807) is 34.2 Å². The number of carbonyl (C=O) groups excluding carboxylic acids is 4. The zero-order valence-corrected chi connectivity index (χ0v) is 18.9. The third kappa shape index (κ3) is 4.83. The van der Waals surface area contributed by atoms with Gasteiger partial charge in [-0.05, 0) is 44.0 Å². The molecule has 9 heteroatoms. The molecule has 2 aliphatic heterocycles. The van der Waals surface area contributed by atoms with Gasteiger partial charge >= 0.3 is 0 Å². The van der Waals surface area contributed by atoms with Crippen molar-refractivity contribution in [3.8, 4) is 0 Å². The number of nitrogens with zero attached hydrogens (tertiary/aromatic N) is 3. The number of anilines is 2. The second-order valence-corrected chi connectivity index (χ2v) is 8.53. The van der Waals surface area contributed by atoms with E-state index in [0.717, 1.165) is 5.69 Å². The van der Waals surface area contributed by atoms with E-state index >= 15 is 0 Å². The molecular formula is C25H27N5O4. The summed E-state index contributed by atoms with van der Waals surface area (Å²) in [6, 6.07) is 15.4. The van der Waals surface area contributed by atoms with Crippen LogP contribution < -0.4 is 16.1 Å². The average Bonchev–Trinajstić information content (AvgIpc) is 3.31. The molecule has 0 aromatic heterocycles. The number of amides is 3. The Balaban J connectivity index is 1.50. The Bertz CT molecular complexity index is 1140. The third-order valence-electron chi connectivity index (χ3n) is 6.25. The van der Waals surface area contributed by atoms with Gasteiger partial charge in [-0.1, -0.05) is 30.3 Å². The minimum atomic E-state index is -0.563. The van der Waals surface area contributed by atoms with Crippen LogP contribution in [0.1, 0.15) is 36.5 Å². The van der Waals surface area contributed by atoms with Gasteiger partial charge in [0.15, 0.2) is 5.78 Å². The van der Waals surface area contributed by atoms with Crippen LogP contribution in [0.4, 0.5) is 11.4 Å². The number of nitrogens with one attached hydrogen (secondary N) is 1. The van der Waals surface area contributed by atoms with E-state index in [1.807, 2.05) is 30.3 Å². The van der Waals surface area contributed by atoms with Crippen molar-refractivity contribution < 1.29 is 19.2 Å². The number of nitrogens with two attached hydrogens (primary N) is 1. The summed E-state index contributed by atoms with van der Waals surface area (Å²) in [7, 11) is 0. The van der Waals surface area contributed by atoms with Gasteiger partial charge < -0.3 is 16.0 Å². The topological polar surface area (TPSA) is 125 Å². The molecule has 0 radical (unpaired) electrons. The van der Waals surface area contributed by atoms with E-state index in [9.17, 15) is 19.2 Å². The lowest BCUT2D eigenvalue weighted by Crippen LogP contribution is -2.42. The molecule has 0 aliphatic carbocycles. The minimum Gasteiger partial charge on any atom is -0.369 e. The van der Waals surface area contributed by atoms with Crippen molar-refractivity contribution in [1.82, 2.24) is 4.90 Å². The number of hydrogen-bond donors (Lipinski definition) is 2. The predicted octanol–water partition coefficient (Wildman–Crippen LogP) is 2.19. The average molecular weight is 462 g/mol. The number of para-hydroxylation sites is 2.